The molecule has 3 aromatic carbocycles. The van der Waals surface area contributed by atoms with E-state index in [1.807, 2.05) is 72.8 Å². The van der Waals surface area contributed by atoms with Crippen molar-refractivity contribution in [2.45, 2.75) is 19.9 Å². The second-order valence-corrected chi connectivity index (χ2v) is 7.24. The fourth-order valence-electron chi connectivity index (χ4n) is 3.19. The van der Waals surface area contributed by atoms with Gasteiger partial charge in [0.05, 0.1) is 0 Å². The topological polar surface area (TPSA) is 50.8 Å². The van der Waals surface area contributed by atoms with Gasteiger partial charge < -0.3 is 14.8 Å². The van der Waals surface area contributed by atoms with Gasteiger partial charge in [0.1, 0.15) is 17.2 Å². The van der Waals surface area contributed by atoms with Gasteiger partial charge in [-0.1, -0.05) is 55.5 Å². The molecule has 3 aromatic rings. The third-order valence-corrected chi connectivity index (χ3v) is 4.82. The van der Waals surface area contributed by atoms with Crippen molar-refractivity contribution in [3.8, 4) is 17.2 Å². The number of para-hydroxylation sites is 2. The zero-order valence-corrected chi connectivity index (χ0v) is 18.0. The molecule has 0 radical (unpaired) electrons. The van der Waals surface area contributed by atoms with E-state index in [-0.39, 0.29) is 12.5 Å². The van der Waals surface area contributed by atoms with E-state index in [4.69, 9.17) is 9.47 Å². The fraction of sp³-hybridized carbons (Fsp3) is 0.269. The average molecular weight is 419 g/mol. The minimum absolute atomic E-state index is 0.0374. The fourth-order valence-corrected chi connectivity index (χ4v) is 3.19. The Hall–Kier alpha value is -3.31. The van der Waals surface area contributed by atoms with E-state index >= 15 is 0 Å². The molecule has 5 heteroatoms. The molecule has 1 N–H and O–H groups in total. The lowest BCUT2D eigenvalue weighted by atomic mass is 10.2. The van der Waals surface area contributed by atoms with Crippen molar-refractivity contribution < 1.29 is 14.3 Å². The zero-order chi connectivity index (χ0) is 21.7. The summed E-state index contributed by atoms with van der Waals surface area (Å²) in [7, 11) is 0. The number of nitrogens with zero attached hydrogens (tertiary/aromatic N) is 1. The van der Waals surface area contributed by atoms with Gasteiger partial charge in [0.25, 0.3) is 5.91 Å². The summed E-state index contributed by atoms with van der Waals surface area (Å²) in [5.74, 6) is 2.27. The second-order valence-electron chi connectivity index (χ2n) is 7.24. The van der Waals surface area contributed by atoms with Crippen LogP contribution in [-0.4, -0.2) is 37.0 Å². The summed E-state index contributed by atoms with van der Waals surface area (Å²) < 4.78 is 11.4. The number of carbonyl (C=O) groups excluding carboxylic acids is 1. The van der Waals surface area contributed by atoms with Crippen LogP contribution in [0.25, 0.3) is 0 Å². The van der Waals surface area contributed by atoms with Crippen molar-refractivity contribution in [3.63, 3.8) is 0 Å². The Bertz CT molecular complexity index is 916. The molecule has 0 saturated heterocycles. The monoisotopic (exact) mass is 418 g/mol. The first-order valence-corrected chi connectivity index (χ1v) is 10.7. The molecular weight excluding hydrogens is 388 g/mol. The molecule has 0 heterocycles. The van der Waals surface area contributed by atoms with E-state index in [0.29, 0.717) is 12.3 Å². The second kappa shape index (κ2) is 12.4. The molecule has 0 bridgehead atoms. The number of carbonyl (C=O) groups is 1. The summed E-state index contributed by atoms with van der Waals surface area (Å²) in [6, 6.07) is 27.4. The van der Waals surface area contributed by atoms with E-state index in [1.165, 1.54) is 5.56 Å². The van der Waals surface area contributed by atoms with Gasteiger partial charge in [0, 0.05) is 19.6 Å². The van der Waals surface area contributed by atoms with Gasteiger partial charge in [0.2, 0.25) is 0 Å². The molecule has 0 unspecified atom stereocenters. The highest BCUT2D eigenvalue weighted by Gasteiger charge is 2.07. The van der Waals surface area contributed by atoms with Crippen LogP contribution in [0.5, 0.6) is 17.2 Å². The minimum atomic E-state index is -0.0994. The molecule has 0 aliphatic rings. The van der Waals surface area contributed by atoms with Crippen LogP contribution in [0.15, 0.2) is 84.9 Å². The maximum absolute atomic E-state index is 11.9. The Labute approximate surface area is 184 Å². The van der Waals surface area contributed by atoms with Gasteiger partial charge in [-0.2, -0.15) is 0 Å². The highest BCUT2D eigenvalue weighted by Crippen LogP contribution is 2.22. The molecule has 0 atom stereocenters. The SMILES string of the molecule is CCN(CCCNC(=O)COc1ccccc1)Cc1cccc(Oc2ccccc2)c1. The first kappa shape index (κ1) is 22.4. The molecule has 162 valence electrons. The number of nitrogens with one attached hydrogen (secondary N) is 1. The lowest BCUT2D eigenvalue weighted by Crippen LogP contribution is -2.32. The quantitative estimate of drug-likeness (QED) is 0.426. The predicted molar refractivity (Wildman–Crippen MR) is 123 cm³/mol. The van der Waals surface area contributed by atoms with Crippen LogP contribution in [0.2, 0.25) is 0 Å². The molecule has 31 heavy (non-hydrogen) atoms. The zero-order valence-electron chi connectivity index (χ0n) is 18.0. The molecule has 0 aliphatic heterocycles. The van der Waals surface area contributed by atoms with Gasteiger partial charge in [-0.3, -0.25) is 9.69 Å². The first-order valence-electron chi connectivity index (χ1n) is 10.7. The van der Waals surface area contributed by atoms with Gasteiger partial charge in [-0.15, -0.1) is 0 Å². The van der Waals surface area contributed by atoms with Crippen molar-refractivity contribution >= 4 is 5.91 Å². The van der Waals surface area contributed by atoms with Gasteiger partial charge in [-0.25, -0.2) is 0 Å². The lowest BCUT2D eigenvalue weighted by molar-refractivity contribution is -0.123. The highest BCUT2D eigenvalue weighted by atomic mass is 16.5. The number of benzene rings is 3. The summed E-state index contributed by atoms with van der Waals surface area (Å²) in [6.45, 7) is 5.50. The Kier molecular flexibility index (Phi) is 8.95. The standard InChI is InChI=1S/C26H30N2O3/c1-2-28(18-10-17-27-26(29)21-30-23-12-5-3-6-13-23)20-22-11-9-16-25(19-22)31-24-14-7-4-8-15-24/h3-9,11-16,19H,2,10,17-18,20-21H2,1H3,(H,27,29). The van der Waals surface area contributed by atoms with Crippen molar-refractivity contribution in [2.24, 2.45) is 0 Å². The molecule has 1 amide bonds. The molecular formula is C26H30N2O3. The van der Waals surface area contributed by atoms with E-state index < -0.39 is 0 Å². The van der Waals surface area contributed by atoms with E-state index in [9.17, 15) is 4.79 Å². The van der Waals surface area contributed by atoms with Crippen molar-refractivity contribution in [1.29, 1.82) is 0 Å². The lowest BCUT2D eigenvalue weighted by Gasteiger charge is -2.21. The normalized spacial score (nSPS) is 10.6. The number of ether oxygens (including phenoxy) is 2. The van der Waals surface area contributed by atoms with E-state index in [2.05, 4.69) is 29.3 Å². The van der Waals surface area contributed by atoms with Gasteiger partial charge in [0.15, 0.2) is 6.61 Å². The highest BCUT2D eigenvalue weighted by molar-refractivity contribution is 5.77. The van der Waals surface area contributed by atoms with Crippen molar-refractivity contribution in [2.75, 3.05) is 26.2 Å². The summed E-state index contributed by atoms with van der Waals surface area (Å²) in [5, 5.41) is 2.92. The van der Waals surface area contributed by atoms with Crippen LogP contribution in [-0.2, 0) is 11.3 Å². The maximum Gasteiger partial charge on any atom is 0.257 e. The maximum atomic E-state index is 11.9. The molecule has 0 aromatic heterocycles. The van der Waals surface area contributed by atoms with Crippen LogP contribution >= 0.6 is 0 Å². The Balaban J connectivity index is 1.38. The smallest absolute Gasteiger partial charge is 0.257 e. The third-order valence-electron chi connectivity index (χ3n) is 4.82. The molecule has 0 saturated carbocycles. The van der Waals surface area contributed by atoms with Crippen LogP contribution in [0.3, 0.4) is 0 Å². The van der Waals surface area contributed by atoms with Crippen LogP contribution in [0.1, 0.15) is 18.9 Å². The first-order chi connectivity index (χ1) is 15.2. The summed E-state index contributed by atoms with van der Waals surface area (Å²) in [5.41, 5.74) is 1.20. The average Bonchev–Trinajstić information content (AvgIpc) is 2.81. The van der Waals surface area contributed by atoms with Crippen LogP contribution in [0.4, 0.5) is 0 Å². The van der Waals surface area contributed by atoms with Gasteiger partial charge >= 0.3 is 0 Å². The Morgan fingerprint density at radius 1 is 0.871 bits per heavy atom. The third kappa shape index (κ3) is 8.15. The summed E-state index contributed by atoms with van der Waals surface area (Å²) >= 11 is 0. The van der Waals surface area contributed by atoms with E-state index in [0.717, 1.165) is 37.6 Å². The number of hydrogen-bond donors (Lipinski definition) is 1. The van der Waals surface area contributed by atoms with Crippen molar-refractivity contribution in [3.05, 3.63) is 90.5 Å². The summed E-state index contributed by atoms with van der Waals surface area (Å²) in [6.07, 6.45) is 0.880. The van der Waals surface area contributed by atoms with Gasteiger partial charge in [-0.05, 0) is 54.9 Å². The molecule has 3 rings (SSSR count). The summed E-state index contributed by atoms with van der Waals surface area (Å²) in [4.78, 5) is 14.3. The molecule has 0 fully saturated rings. The van der Waals surface area contributed by atoms with E-state index in [1.54, 1.807) is 0 Å². The van der Waals surface area contributed by atoms with Crippen molar-refractivity contribution in [1.82, 2.24) is 10.2 Å². The Morgan fingerprint density at radius 2 is 1.55 bits per heavy atom. The molecule has 0 aliphatic carbocycles. The molecule has 5 nitrogen and oxygen atoms in total. The predicted octanol–water partition coefficient (Wildman–Crippen LogP) is 4.89. The van der Waals surface area contributed by atoms with Crippen LogP contribution in [0, 0.1) is 0 Å². The van der Waals surface area contributed by atoms with Crippen LogP contribution < -0.4 is 14.8 Å². The number of amides is 1. The molecule has 0 spiro atoms. The Morgan fingerprint density at radius 3 is 2.26 bits per heavy atom. The number of hydrogen-bond acceptors (Lipinski definition) is 4. The number of rotatable bonds is 12. The largest absolute Gasteiger partial charge is 0.484 e. The minimum Gasteiger partial charge on any atom is -0.484 e.